The van der Waals surface area contributed by atoms with Crippen LogP contribution in [0.2, 0.25) is 0 Å². The molecular formula is C16H21N3O2. The van der Waals surface area contributed by atoms with Gasteiger partial charge in [0.05, 0.1) is 5.56 Å². The lowest BCUT2D eigenvalue weighted by atomic mass is 10.1. The number of pyridine rings is 1. The zero-order chi connectivity index (χ0) is 15.2. The molecule has 0 atom stereocenters. The Morgan fingerprint density at radius 2 is 2.05 bits per heavy atom. The monoisotopic (exact) mass is 287 g/mol. The van der Waals surface area contributed by atoms with Crippen LogP contribution >= 0.6 is 0 Å². The fraction of sp³-hybridized carbons (Fsp3) is 0.375. The van der Waals surface area contributed by atoms with E-state index in [1.807, 2.05) is 12.1 Å². The number of carboxylic acid groups (broad SMARTS) is 1. The number of hydrogen-bond acceptors (Lipinski definition) is 4. The lowest BCUT2D eigenvalue weighted by Gasteiger charge is -2.18. The van der Waals surface area contributed by atoms with E-state index in [1.165, 1.54) is 0 Å². The van der Waals surface area contributed by atoms with Crippen molar-refractivity contribution in [2.24, 2.45) is 0 Å². The molecule has 2 aromatic rings. The van der Waals surface area contributed by atoms with Crippen molar-refractivity contribution in [2.75, 3.05) is 31.5 Å². The number of aromatic carboxylic acids is 1. The fourth-order valence-corrected chi connectivity index (χ4v) is 2.31. The summed E-state index contributed by atoms with van der Waals surface area (Å²) in [6.07, 6.45) is 1.74. The van der Waals surface area contributed by atoms with E-state index in [0.717, 1.165) is 42.8 Å². The second-order valence-corrected chi connectivity index (χ2v) is 4.85. The van der Waals surface area contributed by atoms with Gasteiger partial charge in [-0.3, -0.25) is 0 Å². The molecule has 0 amide bonds. The van der Waals surface area contributed by atoms with Gasteiger partial charge in [-0.15, -0.1) is 0 Å². The fourth-order valence-electron chi connectivity index (χ4n) is 2.31. The Hall–Kier alpha value is -2.14. The third kappa shape index (κ3) is 3.70. The number of carboxylic acids is 1. The van der Waals surface area contributed by atoms with E-state index < -0.39 is 5.97 Å². The van der Waals surface area contributed by atoms with Gasteiger partial charge in [0.2, 0.25) is 0 Å². The first kappa shape index (κ1) is 15.3. The van der Waals surface area contributed by atoms with Crippen molar-refractivity contribution < 1.29 is 9.90 Å². The molecule has 5 heteroatoms. The second-order valence-electron chi connectivity index (χ2n) is 4.85. The predicted octanol–water partition coefficient (Wildman–Crippen LogP) is 2.69. The van der Waals surface area contributed by atoms with Crippen LogP contribution in [0.15, 0.2) is 30.5 Å². The highest BCUT2D eigenvalue weighted by Gasteiger charge is 2.07. The van der Waals surface area contributed by atoms with Crippen LogP contribution in [0, 0.1) is 0 Å². The van der Waals surface area contributed by atoms with Gasteiger partial charge in [-0.05, 0) is 36.7 Å². The Balaban J connectivity index is 2.18. The number of aromatic nitrogens is 1. The average molecular weight is 287 g/mol. The van der Waals surface area contributed by atoms with Crippen LogP contribution in [0.3, 0.4) is 0 Å². The van der Waals surface area contributed by atoms with E-state index in [4.69, 9.17) is 5.11 Å². The third-order valence-corrected chi connectivity index (χ3v) is 3.63. The first-order valence-electron chi connectivity index (χ1n) is 7.24. The highest BCUT2D eigenvalue weighted by atomic mass is 16.4. The van der Waals surface area contributed by atoms with Crippen LogP contribution in [0.1, 0.15) is 24.2 Å². The molecule has 1 aromatic carbocycles. The van der Waals surface area contributed by atoms with Gasteiger partial charge in [0.1, 0.15) is 5.82 Å². The number of likely N-dealkylation sites (N-methyl/N-ethyl adjacent to an activating group) is 1. The van der Waals surface area contributed by atoms with Crippen molar-refractivity contribution in [3.05, 3.63) is 36.0 Å². The molecule has 5 nitrogen and oxygen atoms in total. The van der Waals surface area contributed by atoms with Gasteiger partial charge in [0.15, 0.2) is 0 Å². The van der Waals surface area contributed by atoms with Gasteiger partial charge in [0.25, 0.3) is 0 Å². The molecule has 0 saturated heterocycles. The van der Waals surface area contributed by atoms with E-state index in [1.54, 1.807) is 18.3 Å². The van der Waals surface area contributed by atoms with Crippen LogP contribution in [0.5, 0.6) is 0 Å². The molecule has 2 rings (SSSR count). The molecule has 0 bridgehead atoms. The molecule has 21 heavy (non-hydrogen) atoms. The Bertz CT molecular complexity index is 624. The highest BCUT2D eigenvalue weighted by Crippen LogP contribution is 2.22. The summed E-state index contributed by atoms with van der Waals surface area (Å²) in [5, 5.41) is 14.2. The largest absolute Gasteiger partial charge is 0.478 e. The summed E-state index contributed by atoms with van der Waals surface area (Å²) in [7, 11) is 0. The smallest absolute Gasteiger partial charge is 0.335 e. The number of anilines is 1. The van der Waals surface area contributed by atoms with Gasteiger partial charge in [0, 0.05) is 24.7 Å². The molecule has 2 N–H and O–H groups in total. The highest BCUT2D eigenvalue weighted by molar-refractivity contribution is 5.98. The summed E-state index contributed by atoms with van der Waals surface area (Å²) in [4.78, 5) is 17.7. The maximum absolute atomic E-state index is 11.1. The van der Waals surface area contributed by atoms with Crippen LogP contribution in [0.4, 0.5) is 5.82 Å². The van der Waals surface area contributed by atoms with Crippen LogP contribution < -0.4 is 5.32 Å². The van der Waals surface area contributed by atoms with E-state index in [2.05, 4.69) is 29.0 Å². The Kier molecular flexibility index (Phi) is 5.11. The zero-order valence-electron chi connectivity index (χ0n) is 12.5. The van der Waals surface area contributed by atoms with Crippen molar-refractivity contribution in [2.45, 2.75) is 13.8 Å². The SMILES string of the molecule is CCN(CC)CCNc1nccc2ccc(C(=O)O)cc12. The number of rotatable bonds is 7. The number of benzene rings is 1. The van der Waals surface area contributed by atoms with E-state index >= 15 is 0 Å². The minimum atomic E-state index is -0.921. The van der Waals surface area contributed by atoms with E-state index in [9.17, 15) is 4.79 Å². The van der Waals surface area contributed by atoms with Crippen molar-refractivity contribution >= 4 is 22.6 Å². The third-order valence-electron chi connectivity index (χ3n) is 3.63. The maximum Gasteiger partial charge on any atom is 0.335 e. The summed E-state index contributed by atoms with van der Waals surface area (Å²) in [6.45, 7) is 8.03. The maximum atomic E-state index is 11.1. The van der Waals surface area contributed by atoms with Crippen LogP contribution in [-0.2, 0) is 0 Å². The average Bonchev–Trinajstić information content (AvgIpc) is 2.51. The quantitative estimate of drug-likeness (QED) is 0.819. The second kappa shape index (κ2) is 7.04. The zero-order valence-corrected chi connectivity index (χ0v) is 12.5. The molecule has 0 aliphatic carbocycles. The van der Waals surface area contributed by atoms with Crippen molar-refractivity contribution in [3.63, 3.8) is 0 Å². The lowest BCUT2D eigenvalue weighted by molar-refractivity contribution is 0.0697. The topological polar surface area (TPSA) is 65.5 Å². The van der Waals surface area contributed by atoms with Gasteiger partial charge in [-0.2, -0.15) is 0 Å². The summed E-state index contributed by atoms with van der Waals surface area (Å²) in [6, 6.07) is 6.99. The molecule has 0 unspecified atom stereocenters. The first-order valence-corrected chi connectivity index (χ1v) is 7.24. The number of nitrogens with zero attached hydrogens (tertiary/aromatic N) is 2. The normalized spacial score (nSPS) is 11.0. The molecule has 0 aliphatic heterocycles. The molecule has 112 valence electrons. The number of carbonyl (C=O) groups is 1. The minimum Gasteiger partial charge on any atom is -0.478 e. The van der Waals surface area contributed by atoms with Crippen molar-refractivity contribution in [1.82, 2.24) is 9.88 Å². The molecule has 0 fully saturated rings. The van der Waals surface area contributed by atoms with Gasteiger partial charge >= 0.3 is 5.97 Å². The van der Waals surface area contributed by atoms with E-state index in [0.29, 0.717) is 0 Å². The lowest BCUT2D eigenvalue weighted by Crippen LogP contribution is -2.28. The van der Waals surface area contributed by atoms with E-state index in [-0.39, 0.29) is 5.56 Å². The number of fused-ring (bicyclic) bond motifs is 1. The molecule has 1 aromatic heterocycles. The number of hydrogen-bond donors (Lipinski definition) is 2. The predicted molar refractivity (Wildman–Crippen MR) is 85.0 cm³/mol. The van der Waals surface area contributed by atoms with Gasteiger partial charge in [-0.1, -0.05) is 19.9 Å². The molecular weight excluding hydrogens is 266 g/mol. The molecule has 0 radical (unpaired) electrons. The van der Waals surface area contributed by atoms with Crippen LogP contribution in [-0.4, -0.2) is 47.1 Å². The van der Waals surface area contributed by atoms with Crippen molar-refractivity contribution in [1.29, 1.82) is 0 Å². The Morgan fingerprint density at radius 3 is 2.71 bits per heavy atom. The summed E-state index contributed by atoms with van der Waals surface area (Å²) in [5.74, 6) is -0.183. The molecule has 0 spiro atoms. The minimum absolute atomic E-state index is 0.280. The number of nitrogens with one attached hydrogen (secondary N) is 1. The first-order chi connectivity index (χ1) is 10.2. The van der Waals surface area contributed by atoms with Crippen LogP contribution in [0.25, 0.3) is 10.8 Å². The molecule has 1 heterocycles. The van der Waals surface area contributed by atoms with Gasteiger partial charge < -0.3 is 15.3 Å². The Labute approximate surface area is 124 Å². The summed E-state index contributed by atoms with van der Waals surface area (Å²) < 4.78 is 0. The summed E-state index contributed by atoms with van der Waals surface area (Å²) in [5.41, 5.74) is 0.280. The summed E-state index contributed by atoms with van der Waals surface area (Å²) >= 11 is 0. The molecule has 0 saturated carbocycles. The molecule has 0 aliphatic rings. The van der Waals surface area contributed by atoms with Crippen molar-refractivity contribution in [3.8, 4) is 0 Å². The Morgan fingerprint density at radius 1 is 1.29 bits per heavy atom. The standard InChI is InChI=1S/C16H21N3O2/c1-3-19(4-2)10-9-18-15-14-11-13(16(20)21)6-5-12(14)7-8-17-15/h5-8,11H,3-4,9-10H2,1-2H3,(H,17,18)(H,20,21). The van der Waals surface area contributed by atoms with Gasteiger partial charge in [-0.25, -0.2) is 9.78 Å².